The normalized spacial score (nSPS) is 10.4. The van der Waals surface area contributed by atoms with Crippen molar-refractivity contribution >= 4 is 39.9 Å². The second kappa shape index (κ2) is 5.98. The highest BCUT2D eigenvalue weighted by molar-refractivity contribution is 8.01. The van der Waals surface area contributed by atoms with Gasteiger partial charge in [-0.3, -0.25) is 4.79 Å². The van der Waals surface area contributed by atoms with Crippen LogP contribution in [0.4, 0.5) is 15.2 Å². The molecule has 2 rings (SSSR count). The number of nitrogens with one attached hydrogen (secondary N) is 1. The van der Waals surface area contributed by atoms with Crippen molar-refractivity contribution in [3.63, 3.8) is 0 Å². The lowest BCUT2D eigenvalue weighted by Crippen LogP contribution is -1.96. The Kier molecular flexibility index (Phi) is 4.33. The number of carbonyl (C=O) groups is 1. The fourth-order valence-corrected chi connectivity index (χ4v) is 2.76. The molecule has 2 N–H and O–H groups in total. The average Bonchev–Trinajstić information content (AvgIpc) is 2.78. The molecule has 1 aromatic carbocycles. The number of hydrogen-bond acceptors (Lipinski definition) is 6. The second-order valence-corrected chi connectivity index (χ2v) is 5.86. The maximum Gasteiger partial charge on any atom is 0.313 e. The van der Waals surface area contributed by atoms with Gasteiger partial charge in [-0.1, -0.05) is 29.2 Å². The van der Waals surface area contributed by atoms with Gasteiger partial charge in [0.1, 0.15) is 5.82 Å². The molecule has 8 heteroatoms. The number of nitrogens with zero attached hydrogens (tertiary/aromatic N) is 2. The smallest absolute Gasteiger partial charge is 0.313 e. The molecule has 0 saturated carbocycles. The van der Waals surface area contributed by atoms with Crippen molar-refractivity contribution in [2.45, 2.75) is 11.3 Å². The number of thioether (sulfide) groups is 1. The van der Waals surface area contributed by atoms with E-state index in [9.17, 15) is 9.18 Å². The lowest BCUT2D eigenvalue weighted by atomic mass is 10.2. The van der Waals surface area contributed by atoms with E-state index in [1.807, 2.05) is 0 Å². The number of aliphatic carboxylic acids is 1. The van der Waals surface area contributed by atoms with Crippen molar-refractivity contribution in [1.82, 2.24) is 10.2 Å². The zero-order valence-corrected chi connectivity index (χ0v) is 11.5. The summed E-state index contributed by atoms with van der Waals surface area (Å²) in [6, 6.07) is 4.83. The molecule has 1 aromatic heterocycles. The highest BCUT2D eigenvalue weighted by Crippen LogP contribution is 2.28. The second-order valence-electron chi connectivity index (χ2n) is 3.66. The minimum atomic E-state index is -0.917. The number of anilines is 2. The number of carboxylic acids is 1. The van der Waals surface area contributed by atoms with E-state index in [1.54, 1.807) is 19.1 Å². The summed E-state index contributed by atoms with van der Waals surface area (Å²) in [5.74, 6) is -1.36. The van der Waals surface area contributed by atoms with Crippen molar-refractivity contribution in [1.29, 1.82) is 0 Å². The van der Waals surface area contributed by atoms with Crippen LogP contribution in [0.25, 0.3) is 0 Å². The van der Waals surface area contributed by atoms with Crippen LogP contribution < -0.4 is 5.32 Å². The van der Waals surface area contributed by atoms with Gasteiger partial charge in [-0.15, -0.1) is 10.2 Å². The van der Waals surface area contributed by atoms with Gasteiger partial charge in [-0.05, 0) is 24.6 Å². The Bertz CT molecular complexity index is 603. The van der Waals surface area contributed by atoms with Crippen molar-refractivity contribution in [3.05, 3.63) is 29.6 Å². The van der Waals surface area contributed by atoms with Crippen molar-refractivity contribution in [3.8, 4) is 0 Å². The Labute approximate surface area is 116 Å². The van der Waals surface area contributed by atoms with Crippen molar-refractivity contribution in [2.24, 2.45) is 0 Å². The number of benzene rings is 1. The molecule has 0 radical (unpaired) electrons. The first kappa shape index (κ1) is 13.8. The van der Waals surface area contributed by atoms with Gasteiger partial charge in [0.05, 0.1) is 11.4 Å². The number of rotatable bonds is 5. The van der Waals surface area contributed by atoms with Crippen molar-refractivity contribution < 1.29 is 14.3 Å². The monoisotopic (exact) mass is 299 g/mol. The van der Waals surface area contributed by atoms with Gasteiger partial charge in [-0.25, -0.2) is 4.39 Å². The van der Waals surface area contributed by atoms with Crippen molar-refractivity contribution in [2.75, 3.05) is 11.1 Å². The number of aryl methyl sites for hydroxylation is 1. The summed E-state index contributed by atoms with van der Waals surface area (Å²) >= 11 is 2.26. The molecule has 0 aliphatic heterocycles. The van der Waals surface area contributed by atoms with Crippen LogP contribution in [0.1, 0.15) is 5.56 Å². The number of aromatic nitrogens is 2. The summed E-state index contributed by atoms with van der Waals surface area (Å²) in [5.41, 5.74) is 1.15. The lowest BCUT2D eigenvalue weighted by molar-refractivity contribution is -0.133. The molecule has 0 amide bonds. The van der Waals surface area contributed by atoms with Gasteiger partial charge in [-0.2, -0.15) is 0 Å². The van der Waals surface area contributed by atoms with Gasteiger partial charge >= 0.3 is 5.97 Å². The fraction of sp³-hybridized carbons (Fsp3) is 0.182. The molecular weight excluding hydrogens is 289 g/mol. The van der Waals surface area contributed by atoms with E-state index in [1.165, 1.54) is 17.4 Å². The quantitative estimate of drug-likeness (QED) is 0.827. The molecule has 1 heterocycles. The third-order valence-corrected chi connectivity index (χ3v) is 4.05. The van der Waals surface area contributed by atoms with E-state index in [4.69, 9.17) is 5.11 Å². The Balaban J connectivity index is 2.05. The third-order valence-electron chi connectivity index (χ3n) is 2.09. The van der Waals surface area contributed by atoms with Gasteiger partial charge in [0.15, 0.2) is 4.34 Å². The molecule has 0 spiro atoms. The lowest BCUT2D eigenvalue weighted by Gasteiger charge is -2.03. The van der Waals surface area contributed by atoms with E-state index in [0.29, 0.717) is 15.2 Å². The molecule has 0 aliphatic rings. The first-order valence-electron chi connectivity index (χ1n) is 5.26. The highest BCUT2D eigenvalue weighted by atomic mass is 32.2. The summed E-state index contributed by atoms with van der Waals surface area (Å²) in [4.78, 5) is 10.4. The topological polar surface area (TPSA) is 75.1 Å². The molecule has 0 atom stereocenters. The molecule has 0 unspecified atom stereocenters. The van der Waals surface area contributed by atoms with E-state index in [2.05, 4.69) is 15.5 Å². The van der Waals surface area contributed by atoms with Gasteiger partial charge in [0, 0.05) is 0 Å². The standard InChI is InChI=1S/C11H10FN3O2S2/c1-6-2-3-8(7(12)4-6)13-10-14-15-11(19-10)18-5-9(16)17/h2-4H,5H2,1H3,(H,13,14)(H,16,17). The Morgan fingerprint density at radius 1 is 1.53 bits per heavy atom. The zero-order valence-electron chi connectivity index (χ0n) is 9.88. The zero-order chi connectivity index (χ0) is 13.8. The largest absolute Gasteiger partial charge is 0.481 e. The number of halogens is 1. The molecule has 100 valence electrons. The molecule has 0 bridgehead atoms. The average molecular weight is 299 g/mol. The third kappa shape index (κ3) is 3.90. The SMILES string of the molecule is Cc1ccc(Nc2nnc(SCC(=O)O)s2)c(F)c1. The van der Waals surface area contributed by atoms with Crippen LogP contribution in [-0.2, 0) is 4.79 Å². The Morgan fingerprint density at radius 3 is 3.00 bits per heavy atom. The van der Waals surface area contributed by atoms with Crippen LogP contribution >= 0.6 is 23.1 Å². The van der Waals surface area contributed by atoms with E-state index >= 15 is 0 Å². The molecule has 2 aromatic rings. The van der Waals surface area contributed by atoms with E-state index in [-0.39, 0.29) is 11.6 Å². The van der Waals surface area contributed by atoms with Gasteiger partial charge in [0.25, 0.3) is 0 Å². The first-order valence-corrected chi connectivity index (χ1v) is 7.06. The molecule has 0 saturated heterocycles. The summed E-state index contributed by atoms with van der Waals surface area (Å²) in [7, 11) is 0. The van der Waals surface area contributed by atoms with Crippen LogP contribution in [0.5, 0.6) is 0 Å². The van der Waals surface area contributed by atoms with Crippen LogP contribution in [0.15, 0.2) is 22.5 Å². The number of carboxylic acid groups (broad SMARTS) is 1. The summed E-state index contributed by atoms with van der Waals surface area (Å²) in [6.07, 6.45) is 0. The minimum Gasteiger partial charge on any atom is -0.481 e. The van der Waals surface area contributed by atoms with E-state index < -0.39 is 5.97 Å². The van der Waals surface area contributed by atoms with Crippen LogP contribution in [-0.4, -0.2) is 27.0 Å². The van der Waals surface area contributed by atoms with E-state index in [0.717, 1.165) is 17.3 Å². The van der Waals surface area contributed by atoms with Crippen LogP contribution in [0.2, 0.25) is 0 Å². The Morgan fingerprint density at radius 2 is 2.32 bits per heavy atom. The summed E-state index contributed by atoms with van der Waals surface area (Å²) in [5, 5.41) is 19.4. The van der Waals surface area contributed by atoms with Crippen LogP contribution in [0.3, 0.4) is 0 Å². The molecule has 0 aliphatic carbocycles. The first-order chi connectivity index (χ1) is 9.04. The minimum absolute atomic E-state index is 0.0759. The van der Waals surface area contributed by atoms with Gasteiger partial charge < -0.3 is 10.4 Å². The fourth-order valence-electron chi connectivity index (χ4n) is 1.28. The summed E-state index contributed by atoms with van der Waals surface area (Å²) in [6.45, 7) is 1.80. The predicted molar refractivity (Wildman–Crippen MR) is 72.7 cm³/mol. The molecule has 5 nitrogen and oxygen atoms in total. The summed E-state index contributed by atoms with van der Waals surface area (Å²) < 4.78 is 14.1. The Hall–Kier alpha value is -1.67. The maximum atomic E-state index is 13.6. The number of hydrogen-bond donors (Lipinski definition) is 2. The molecule has 0 fully saturated rings. The molecule has 19 heavy (non-hydrogen) atoms. The molecular formula is C11H10FN3O2S2. The maximum absolute atomic E-state index is 13.6. The van der Waals surface area contributed by atoms with Gasteiger partial charge in [0.2, 0.25) is 5.13 Å². The predicted octanol–water partition coefficient (Wildman–Crippen LogP) is 2.91. The highest BCUT2D eigenvalue weighted by Gasteiger charge is 2.09. The van der Waals surface area contributed by atoms with Crippen LogP contribution in [0, 0.1) is 12.7 Å².